The topological polar surface area (TPSA) is 26.3 Å². The molecule has 0 spiro atoms. The molecule has 2 nitrogen and oxygen atoms in total. The second-order valence-electron chi connectivity index (χ2n) is 5.18. The fraction of sp³-hybridized carbons (Fsp3) is 0.667. The molecule has 0 aliphatic rings. The molecule has 0 aliphatic carbocycles. The van der Waals surface area contributed by atoms with Crippen molar-refractivity contribution in [2.24, 2.45) is 5.41 Å². The van der Waals surface area contributed by atoms with Gasteiger partial charge in [-0.1, -0.05) is 47.1 Å². The zero-order valence-electron chi connectivity index (χ0n) is 11.8. The van der Waals surface area contributed by atoms with Gasteiger partial charge < -0.3 is 4.74 Å². The molecule has 0 aromatic carbocycles. The lowest BCUT2D eigenvalue weighted by atomic mass is 9.73. The zero-order valence-corrected chi connectivity index (χ0v) is 11.8. The van der Waals surface area contributed by atoms with Crippen molar-refractivity contribution in [1.82, 2.24) is 0 Å². The van der Waals surface area contributed by atoms with Gasteiger partial charge in [0.15, 0.2) is 0 Å². The lowest BCUT2D eigenvalue weighted by Crippen LogP contribution is -2.25. The van der Waals surface area contributed by atoms with Gasteiger partial charge in [-0.25, -0.2) is 4.79 Å². The normalized spacial score (nSPS) is 14.5. The van der Waals surface area contributed by atoms with Gasteiger partial charge in [0.1, 0.15) is 0 Å². The summed E-state index contributed by atoms with van der Waals surface area (Å²) in [6.45, 7) is 16.1. The number of carbonyl (C=O) groups excluding carboxylic acids is 1. The third kappa shape index (κ3) is 5.90. The highest BCUT2D eigenvalue weighted by atomic mass is 16.5. The molecule has 0 saturated carbocycles. The first-order chi connectivity index (χ1) is 7.83. The Morgan fingerprint density at radius 2 is 1.82 bits per heavy atom. The lowest BCUT2D eigenvalue weighted by molar-refractivity contribution is -0.139. The van der Waals surface area contributed by atoms with E-state index in [9.17, 15) is 4.79 Å². The van der Waals surface area contributed by atoms with Gasteiger partial charge in [-0.05, 0) is 31.1 Å². The van der Waals surface area contributed by atoms with Crippen LogP contribution < -0.4 is 0 Å². The van der Waals surface area contributed by atoms with E-state index in [4.69, 9.17) is 4.74 Å². The third-order valence-corrected chi connectivity index (χ3v) is 3.42. The van der Waals surface area contributed by atoms with Gasteiger partial charge in [0.25, 0.3) is 0 Å². The van der Waals surface area contributed by atoms with Gasteiger partial charge in [0.2, 0.25) is 0 Å². The van der Waals surface area contributed by atoms with Crippen LogP contribution in [0.15, 0.2) is 12.2 Å². The first-order valence-corrected chi connectivity index (χ1v) is 6.26. The van der Waals surface area contributed by atoms with Crippen LogP contribution in [0.2, 0.25) is 0 Å². The molecule has 0 N–H and O–H groups in total. The van der Waals surface area contributed by atoms with E-state index >= 15 is 0 Å². The molecule has 17 heavy (non-hydrogen) atoms. The molecule has 0 amide bonds. The Balaban J connectivity index is 4.18. The Kier molecular flexibility index (Phi) is 7.17. The summed E-state index contributed by atoms with van der Waals surface area (Å²) in [6.07, 6.45) is 4.03. The summed E-state index contributed by atoms with van der Waals surface area (Å²) in [5, 5.41) is 0. The number of hydrogen-bond acceptors (Lipinski definition) is 2. The smallest absolute Gasteiger partial charge is 0.333 e. The summed E-state index contributed by atoms with van der Waals surface area (Å²) in [6, 6.07) is 0. The highest BCUT2D eigenvalue weighted by Gasteiger charge is 2.28. The average Bonchev–Trinajstić information content (AvgIpc) is 2.25. The van der Waals surface area contributed by atoms with Crippen LogP contribution in [0.5, 0.6) is 0 Å². The fourth-order valence-corrected chi connectivity index (χ4v) is 1.63. The molecule has 1 atom stereocenters. The van der Waals surface area contributed by atoms with Crippen LogP contribution >= 0.6 is 0 Å². The first-order valence-electron chi connectivity index (χ1n) is 6.26. The zero-order chi connectivity index (χ0) is 13.5. The Morgan fingerprint density at radius 3 is 2.24 bits per heavy atom. The molecule has 0 saturated heterocycles. The molecule has 1 unspecified atom stereocenters. The van der Waals surface area contributed by atoms with Crippen molar-refractivity contribution in [1.29, 1.82) is 0 Å². The van der Waals surface area contributed by atoms with E-state index in [-0.39, 0.29) is 11.4 Å². The maximum Gasteiger partial charge on any atom is 0.333 e. The summed E-state index contributed by atoms with van der Waals surface area (Å²) in [7, 11) is 0. The monoisotopic (exact) mass is 238 g/mol. The van der Waals surface area contributed by atoms with Crippen molar-refractivity contribution in [3.05, 3.63) is 25.0 Å². The minimum Gasteiger partial charge on any atom is -0.462 e. The molecule has 0 heterocycles. The molecule has 0 rings (SSSR count). The minimum atomic E-state index is -0.293. The van der Waals surface area contributed by atoms with E-state index in [0.717, 1.165) is 25.7 Å². The number of carbonyl (C=O) groups is 1. The minimum absolute atomic E-state index is 0.146. The number of esters is 1. The molecule has 2 radical (unpaired) electrons. The van der Waals surface area contributed by atoms with Crippen LogP contribution in [0.3, 0.4) is 0 Å². The van der Waals surface area contributed by atoms with Gasteiger partial charge in [-0.2, -0.15) is 0 Å². The highest BCUT2D eigenvalue weighted by molar-refractivity contribution is 5.86. The number of hydrogen-bond donors (Lipinski definition) is 0. The van der Waals surface area contributed by atoms with Crippen LogP contribution in [0.25, 0.3) is 0 Å². The fourth-order valence-electron chi connectivity index (χ4n) is 1.63. The Bertz CT molecular complexity index is 256. The van der Waals surface area contributed by atoms with Gasteiger partial charge in [-0.15, -0.1) is 0 Å². The first kappa shape index (κ1) is 16.2. The summed E-state index contributed by atoms with van der Waals surface area (Å²) < 4.78 is 5.16. The third-order valence-electron chi connectivity index (χ3n) is 3.42. The van der Waals surface area contributed by atoms with Crippen LogP contribution in [0, 0.1) is 18.3 Å². The lowest BCUT2D eigenvalue weighted by Gasteiger charge is -2.33. The van der Waals surface area contributed by atoms with Crippen molar-refractivity contribution in [2.45, 2.75) is 53.4 Å². The summed E-state index contributed by atoms with van der Waals surface area (Å²) in [5.74, 6) is 1.09. The largest absolute Gasteiger partial charge is 0.462 e. The van der Waals surface area contributed by atoms with Gasteiger partial charge >= 0.3 is 5.97 Å². The Morgan fingerprint density at radius 1 is 1.24 bits per heavy atom. The number of rotatable bonds is 8. The van der Waals surface area contributed by atoms with E-state index in [2.05, 4.69) is 34.3 Å². The van der Waals surface area contributed by atoms with Crippen molar-refractivity contribution >= 4 is 5.97 Å². The Labute approximate surface area is 106 Å². The summed E-state index contributed by atoms with van der Waals surface area (Å²) >= 11 is 0. The summed E-state index contributed by atoms with van der Waals surface area (Å²) in [5.41, 5.74) is 0.606. The molecular weight excluding hydrogens is 212 g/mol. The van der Waals surface area contributed by atoms with E-state index < -0.39 is 0 Å². The SMILES string of the molecule is [CH2]CCCC(C)(CCOC(=O)C(=C)C)[C](C)C. The van der Waals surface area contributed by atoms with Crippen molar-refractivity contribution in [3.63, 3.8) is 0 Å². The molecule has 0 bridgehead atoms. The van der Waals surface area contributed by atoms with Crippen molar-refractivity contribution < 1.29 is 9.53 Å². The van der Waals surface area contributed by atoms with E-state index in [1.54, 1.807) is 6.92 Å². The second-order valence-corrected chi connectivity index (χ2v) is 5.18. The molecule has 0 aromatic rings. The molecule has 0 fully saturated rings. The van der Waals surface area contributed by atoms with Gasteiger partial charge in [-0.3, -0.25) is 0 Å². The van der Waals surface area contributed by atoms with Crippen molar-refractivity contribution in [3.8, 4) is 0 Å². The quantitative estimate of drug-likeness (QED) is 0.469. The van der Waals surface area contributed by atoms with Gasteiger partial charge in [0.05, 0.1) is 6.61 Å². The predicted molar refractivity (Wildman–Crippen MR) is 72.3 cm³/mol. The van der Waals surface area contributed by atoms with Crippen LogP contribution in [0.4, 0.5) is 0 Å². The van der Waals surface area contributed by atoms with Crippen LogP contribution in [0.1, 0.15) is 53.4 Å². The van der Waals surface area contributed by atoms with Crippen LogP contribution in [-0.4, -0.2) is 12.6 Å². The molecular formula is C15H26O2. The predicted octanol–water partition coefficient (Wildman–Crippen LogP) is 4.12. The number of ether oxygens (including phenoxy) is 1. The maximum absolute atomic E-state index is 11.3. The van der Waals surface area contributed by atoms with E-state index in [1.165, 1.54) is 5.92 Å². The maximum atomic E-state index is 11.3. The van der Waals surface area contributed by atoms with E-state index in [1.807, 2.05) is 0 Å². The van der Waals surface area contributed by atoms with Gasteiger partial charge in [0, 0.05) is 5.57 Å². The molecule has 98 valence electrons. The van der Waals surface area contributed by atoms with Crippen molar-refractivity contribution in [2.75, 3.05) is 6.61 Å². The number of unbranched alkanes of at least 4 members (excludes halogenated alkanes) is 1. The average molecular weight is 238 g/mol. The highest BCUT2D eigenvalue weighted by Crippen LogP contribution is 2.37. The summed E-state index contributed by atoms with van der Waals surface area (Å²) in [4.78, 5) is 11.3. The molecule has 0 aromatic heterocycles. The molecule has 0 aliphatic heterocycles. The van der Waals surface area contributed by atoms with E-state index in [0.29, 0.717) is 12.2 Å². The standard InChI is InChI=1S/C15H26O2/c1-7-8-9-15(6,13(4)5)10-11-17-14(16)12(2)3/h1-2,7-11H2,3-6H3. The second kappa shape index (κ2) is 7.52. The van der Waals surface area contributed by atoms with Crippen LogP contribution in [-0.2, 0) is 9.53 Å². The molecule has 2 heteroatoms. The Hall–Kier alpha value is -0.790.